The third-order valence-electron chi connectivity index (χ3n) is 2.98. The Kier molecular flexibility index (Phi) is 7.12. The molecule has 1 unspecified atom stereocenters. The number of carbonyl (C=O) groups is 1. The van der Waals surface area contributed by atoms with Gasteiger partial charge in [-0.05, 0) is 26.2 Å². The number of likely N-dealkylation sites (tertiary alicyclic amines) is 1. The standard InChI is InChI=1S/C12H22F2N2O2/c1-10(15-5-8-18-9-11(13)14)12(17)16-6-3-2-4-7-16/h10-11,15H,2-9H2,1H3. The van der Waals surface area contributed by atoms with Gasteiger partial charge in [0.05, 0.1) is 12.6 Å². The minimum atomic E-state index is -2.43. The number of nitrogens with zero attached hydrogens (tertiary/aromatic N) is 1. The summed E-state index contributed by atoms with van der Waals surface area (Å²) in [7, 11) is 0. The monoisotopic (exact) mass is 264 g/mol. The van der Waals surface area contributed by atoms with Gasteiger partial charge in [-0.2, -0.15) is 0 Å². The van der Waals surface area contributed by atoms with Crippen molar-refractivity contribution in [3.05, 3.63) is 0 Å². The normalized spacial score (nSPS) is 18.1. The van der Waals surface area contributed by atoms with E-state index in [0.717, 1.165) is 25.9 Å². The van der Waals surface area contributed by atoms with E-state index in [4.69, 9.17) is 4.74 Å². The average molecular weight is 264 g/mol. The first kappa shape index (κ1) is 15.3. The van der Waals surface area contributed by atoms with E-state index in [0.29, 0.717) is 6.54 Å². The van der Waals surface area contributed by atoms with Crippen LogP contribution in [0.2, 0.25) is 0 Å². The Bertz CT molecular complexity index is 246. The molecule has 106 valence electrons. The highest BCUT2D eigenvalue weighted by Gasteiger charge is 2.21. The Morgan fingerprint density at radius 2 is 2.00 bits per heavy atom. The van der Waals surface area contributed by atoms with Crippen molar-refractivity contribution in [2.24, 2.45) is 0 Å². The molecule has 1 aliphatic heterocycles. The third kappa shape index (κ3) is 5.73. The molecule has 1 N–H and O–H groups in total. The molecule has 0 bridgehead atoms. The van der Waals surface area contributed by atoms with Crippen LogP contribution < -0.4 is 5.32 Å². The van der Waals surface area contributed by atoms with Crippen LogP contribution in [0.15, 0.2) is 0 Å². The molecule has 18 heavy (non-hydrogen) atoms. The highest BCUT2D eigenvalue weighted by Crippen LogP contribution is 2.09. The van der Waals surface area contributed by atoms with E-state index in [1.165, 1.54) is 6.42 Å². The van der Waals surface area contributed by atoms with E-state index in [2.05, 4.69) is 5.32 Å². The number of nitrogens with one attached hydrogen (secondary N) is 1. The summed E-state index contributed by atoms with van der Waals surface area (Å²) in [6.45, 7) is 3.51. The van der Waals surface area contributed by atoms with Gasteiger partial charge in [0.25, 0.3) is 6.43 Å². The zero-order chi connectivity index (χ0) is 13.4. The minimum Gasteiger partial charge on any atom is -0.374 e. The summed E-state index contributed by atoms with van der Waals surface area (Å²) >= 11 is 0. The molecule has 1 atom stereocenters. The van der Waals surface area contributed by atoms with Crippen LogP contribution in [0.1, 0.15) is 26.2 Å². The lowest BCUT2D eigenvalue weighted by Gasteiger charge is -2.29. The van der Waals surface area contributed by atoms with E-state index in [-0.39, 0.29) is 18.6 Å². The highest BCUT2D eigenvalue weighted by atomic mass is 19.3. The molecule has 0 aliphatic carbocycles. The van der Waals surface area contributed by atoms with Crippen LogP contribution in [0.3, 0.4) is 0 Å². The summed E-state index contributed by atoms with van der Waals surface area (Å²) in [6.07, 6.45) is 0.885. The van der Waals surface area contributed by atoms with Gasteiger partial charge in [0.15, 0.2) is 0 Å². The van der Waals surface area contributed by atoms with Crippen LogP contribution in [0.5, 0.6) is 0 Å². The number of rotatable bonds is 7. The summed E-state index contributed by atoms with van der Waals surface area (Å²) < 4.78 is 28.3. The largest absolute Gasteiger partial charge is 0.374 e. The molecule has 0 radical (unpaired) electrons. The van der Waals surface area contributed by atoms with Crippen molar-refractivity contribution in [2.45, 2.75) is 38.7 Å². The van der Waals surface area contributed by atoms with Gasteiger partial charge in [0.1, 0.15) is 6.61 Å². The molecular formula is C12H22F2N2O2. The van der Waals surface area contributed by atoms with Crippen LogP contribution >= 0.6 is 0 Å². The number of ether oxygens (including phenoxy) is 1. The number of hydrogen-bond acceptors (Lipinski definition) is 3. The van der Waals surface area contributed by atoms with E-state index >= 15 is 0 Å². The smallest absolute Gasteiger partial charge is 0.261 e. The zero-order valence-electron chi connectivity index (χ0n) is 10.8. The van der Waals surface area contributed by atoms with Crippen molar-refractivity contribution in [3.63, 3.8) is 0 Å². The number of carbonyl (C=O) groups excluding carboxylic acids is 1. The van der Waals surface area contributed by atoms with Crippen molar-refractivity contribution < 1.29 is 18.3 Å². The van der Waals surface area contributed by atoms with Crippen molar-refractivity contribution >= 4 is 5.91 Å². The zero-order valence-corrected chi connectivity index (χ0v) is 10.8. The van der Waals surface area contributed by atoms with Crippen molar-refractivity contribution in [1.29, 1.82) is 0 Å². The second kappa shape index (κ2) is 8.37. The average Bonchev–Trinajstić information content (AvgIpc) is 2.38. The molecule has 0 aromatic heterocycles. The van der Waals surface area contributed by atoms with Crippen LogP contribution in [0, 0.1) is 0 Å². The molecule has 1 saturated heterocycles. The van der Waals surface area contributed by atoms with Gasteiger partial charge >= 0.3 is 0 Å². The van der Waals surface area contributed by atoms with Crippen LogP contribution in [-0.4, -0.2) is 56.1 Å². The number of amides is 1. The fourth-order valence-electron chi connectivity index (χ4n) is 2.00. The molecule has 4 nitrogen and oxygen atoms in total. The predicted octanol–water partition coefficient (Wildman–Crippen LogP) is 1.26. The first-order valence-corrected chi connectivity index (χ1v) is 6.49. The molecule has 6 heteroatoms. The van der Waals surface area contributed by atoms with Crippen LogP contribution in [0.25, 0.3) is 0 Å². The maximum absolute atomic E-state index is 12.0. The molecule has 0 spiro atoms. The van der Waals surface area contributed by atoms with Gasteiger partial charge in [0, 0.05) is 19.6 Å². The van der Waals surface area contributed by atoms with Crippen LogP contribution in [-0.2, 0) is 9.53 Å². The first-order valence-electron chi connectivity index (χ1n) is 6.49. The SMILES string of the molecule is CC(NCCOCC(F)F)C(=O)N1CCCCC1. The number of piperidine rings is 1. The number of halogens is 2. The summed E-state index contributed by atoms with van der Waals surface area (Å²) in [5, 5.41) is 2.99. The lowest BCUT2D eigenvalue weighted by molar-refractivity contribution is -0.134. The van der Waals surface area contributed by atoms with E-state index in [1.807, 2.05) is 4.90 Å². The fraction of sp³-hybridized carbons (Fsp3) is 0.917. The number of hydrogen-bond donors (Lipinski definition) is 1. The topological polar surface area (TPSA) is 41.6 Å². The lowest BCUT2D eigenvalue weighted by Crippen LogP contribution is -2.47. The van der Waals surface area contributed by atoms with Crippen LogP contribution in [0.4, 0.5) is 8.78 Å². The summed E-state index contributed by atoms with van der Waals surface area (Å²) in [5.41, 5.74) is 0. The molecular weight excluding hydrogens is 242 g/mol. The Morgan fingerprint density at radius 3 is 2.61 bits per heavy atom. The Hall–Kier alpha value is -0.750. The lowest BCUT2D eigenvalue weighted by atomic mass is 10.1. The van der Waals surface area contributed by atoms with Gasteiger partial charge in [-0.25, -0.2) is 8.78 Å². The Labute approximate surface area is 107 Å². The summed E-state index contributed by atoms with van der Waals surface area (Å²) in [6, 6.07) is -0.279. The van der Waals surface area contributed by atoms with Crippen molar-refractivity contribution in [2.75, 3.05) is 32.8 Å². The second-order valence-electron chi connectivity index (χ2n) is 4.53. The van der Waals surface area contributed by atoms with Gasteiger partial charge < -0.3 is 15.0 Å². The molecule has 1 aliphatic rings. The van der Waals surface area contributed by atoms with E-state index in [1.54, 1.807) is 6.92 Å². The van der Waals surface area contributed by atoms with E-state index in [9.17, 15) is 13.6 Å². The fourth-order valence-corrected chi connectivity index (χ4v) is 2.00. The third-order valence-corrected chi connectivity index (χ3v) is 2.98. The molecule has 1 rings (SSSR count). The maximum atomic E-state index is 12.0. The Morgan fingerprint density at radius 1 is 1.33 bits per heavy atom. The number of alkyl halides is 2. The second-order valence-corrected chi connectivity index (χ2v) is 4.53. The molecule has 0 aromatic rings. The summed E-state index contributed by atoms with van der Waals surface area (Å²) in [4.78, 5) is 13.8. The predicted molar refractivity (Wildman–Crippen MR) is 64.7 cm³/mol. The quantitative estimate of drug-likeness (QED) is 0.704. The van der Waals surface area contributed by atoms with Crippen molar-refractivity contribution in [3.8, 4) is 0 Å². The maximum Gasteiger partial charge on any atom is 0.261 e. The van der Waals surface area contributed by atoms with Gasteiger partial charge in [-0.1, -0.05) is 0 Å². The molecule has 1 fully saturated rings. The van der Waals surface area contributed by atoms with Gasteiger partial charge in [0.2, 0.25) is 5.91 Å². The minimum absolute atomic E-state index is 0.0866. The first-order chi connectivity index (χ1) is 8.61. The highest BCUT2D eigenvalue weighted by molar-refractivity contribution is 5.81. The Balaban J connectivity index is 2.11. The van der Waals surface area contributed by atoms with Gasteiger partial charge in [-0.3, -0.25) is 4.79 Å². The molecule has 1 heterocycles. The van der Waals surface area contributed by atoms with E-state index < -0.39 is 13.0 Å². The van der Waals surface area contributed by atoms with Gasteiger partial charge in [-0.15, -0.1) is 0 Å². The summed E-state index contributed by atoms with van der Waals surface area (Å²) in [5.74, 6) is 0.0866. The molecule has 0 saturated carbocycles. The molecule has 1 amide bonds. The van der Waals surface area contributed by atoms with Crippen molar-refractivity contribution in [1.82, 2.24) is 10.2 Å². The molecule has 0 aromatic carbocycles.